The number of nitrogens with one attached hydrogen (secondary N) is 1. The van der Waals surface area contributed by atoms with Crippen molar-refractivity contribution in [1.82, 2.24) is 5.32 Å². The lowest BCUT2D eigenvalue weighted by atomic mass is 10.1. The summed E-state index contributed by atoms with van der Waals surface area (Å²) in [6.45, 7) is 2.52. The van der Waals surface area contributed by atoms with Crippen LogP contribution in [0, 0.1) is 0 Å². The van der Waals surface area contributed by atoms with E-state index >= 15 is 0 Å². The Balaban J connectivity index is 2.63. The number of phenolic OH excluding ortho intramolecular Hbond substituents is 2. The van der Waals surface area contributed by atoms with Crippen molar-refractivity contribution in [2.24, 2.45) is 0 Å². The highest BCUT2D eigenvalue weighted by Crippen LogP contribution is 2.25. The summed E-state index contributed by atoms with van der Waals surface area (Å²) in [7, 11) is 0. The first-order chi connectivity index (χ1) is 9.93. The minimum Gasteiger partial charge on any atom is -0.504 e. The Morgan fingerprint density at radius 3 is 2.57 bits per heavy atom. The molecule has 7 nitrogen and oxygen atoms in total. The highest BCUT2D eigenvalue weighted by atomic mass is 16.5. The number of aromatic hydroxyl groups is 2. The van der Waals surface area contributed by atoms with Gasteiger partial charge in [0.05, 0.1) is 6.61 Å². The molecule has 0 spiro atoms. The molecule has 0 aliphatic carbocycles. The Kier molecular flexibility index (Phi) is 6.48. The van der Waals surface area contributed by atoms with Gasteiger partial charge in [0.25, 0.3) is 0 Å². The molecule has 1 amide bonds. The summed E-state index contributed by atoms with van der Waals surface area (Å²) in [5, 5.41) is 30.1. The Labute approximate surface area is 122 Å². The van der Waals surface area contributed by atoms with Crippen molar-refractivity contribution < 1.29 is 29.6 Å². The number of hydrogen-bond acceptors (Lipinski definition) is 5. The standard InChI is InChI=1S/C14H19NO6/c1-2-21-6-5-13(18)15-10(14(19)20)7-9-3-4-11(16)12(17)8-9/h3-4,8,10,16-17H,2,5-7H2,1H3,(H,15,18)(H,19,20). The van der Waals surface area contributed by atoms with E-state index in [9.17, 15) is 19.8 Å². The number of aliphatic carboxylic acids is 1. The zero-order valence-corrected chi connectivity index (χ0v) is 11.7. The number of rotatable bonds is 8. The van der Waals surface area contributed by atoms with Gasteiger partial charge in [-0.05, 0) is 24.6 Å². The van der Waals surface area contributed by atoms with Gasteiger partial charge in [0.15, 0.2) is 11.5 Å². The number of carboxylic acids is 1. The molecule has 7 heteroatoms. The number of carboxylic acid groups (broad SMARTS) is 1. The quantitative estimate of drug-likeness (QED) is 0.413. The molecule has 0 heterocycles. The zero-order valence-electron chi connectivity index (χ0n) is 11.7. The first-order valence-electron chi connectivity index (χ1n) is 6.54. The van der Waals surface area contributed by atoms with Crippen LogP contribution in [0.5, 0.6) is 11.5 Å². The van der Waals surface area contributed by atoms with Gasteiger partial charge in [-0.1, -0.05) is 6.07 Å². The average Bonchev–Trinajstić information content (AvgIpc) is 2.42. The second-order valence-electron chi connectivity index (χ2n) is 4.43. The van der Waals surface area contributed by atoms with Crippen molar-refractivity contribution in [3.63, 3.8) is 0 Å². The number of ether oxygens (including phenoxy) is 1. The second kappa shape index (κ2) is 8.11. The lowest BCUT2D eigenvalue weighted by Crippen LogP contribution is -2.42. The van der Waals surface area contributed by atoms with Crippen LogP contribution in [0.1, 0.15) is 18.9 Å². The summed E-state index contributed by atoms with van der Waals surface area (Å²) in [5.41, 5.74) is 0.489. The molecule has 21 heavy (non-hydrogen) atoms. The van der Waals surface area contributed by atoms with Crippen LogP contribution in [0.2, 0.25) is 0 Å². The molecular weight excluding hydrogens is 278 g/mol. The van der Waals surface area contributed by atoms with Gasteiger partial charge in [-0.25, -0.2) is 4.79 Å². The summed E-state index contributed by atoms with van der Waals surface area (Å²) in [6.07, 6.45) is 0.0853. The maximum atomic E-state index is 11.6. The van der Waals surface area contributed by atoms with E-state index in [1.165, 1.54) is 18.2 Å². The van der Waals surface area contributed by atoms with Gasteiger partial charge in [0.2, 0.25) is 5.91 Å². The lowest BCUT2D eigenvalue weighted by molar-refractivity contribution is -0.141. The highest BCUT2D eigenvalue weighted by Gasteiger charge is 2.20. The van der Waals surface area contributed by atoms with Crippen molar-refractivity contribution in [2.75, 3.05) is 13.2 Å². The van der Waals surface area contributed by atoms with Gasteiger partial charge in [-0.2, -0.15) is 0 Å². The van der Waals surface area contributed by atoms with Crippen LogP contribution in [0.15, 0.2) is 18.2 Å². The number of phenols is 2. The number of carbonyl (C=O) groups is 2. The summed E-state index contributed by atoms with van der Waals surface area (Å²) in [5.74, 6) is -2.21. The third-order valence-corrected chi connectivity index (χ3v) is 2.79. The van der Waals surface area contributed by atoms with E-state index in [1.54, 1.807) is 6.92 Å². The maximum absolute atomic E-state index is 11.6. The van der Waals surface area contributed by atoms with Crippen LogP contribution in [-0.2, 0) is 20.7 Å². The normalized spacial score (nSPS) is 11.9. The summed E-state index contributed by atoms with van der Waals surface area (Å²) in [4.78, 5) is 22.8. The zero-order chi connectivity index (χ0) is 15.8. The molecule has 1 unspecified atom stereocenters. The van der Waals surface area contributed by atoms with Gasteiger partial charge in [-0.3, -0.25) is 4.79 Å². The highest BCUT2D eigenvalue weighted by molar-refractivity contribution is 5.83. The van der Waals surface area contributed by atoms with Crippen LogP contribution < -0.4 is 5.32 Å². The van der Waals surface area contributed by atoms with E-state index < -0.39 is 17.9 Å². The summed E-state index contributed by atoms with van der Waals surface area (Å²) < 4.78 is 5.02. The molecule has 1 aromatic rings. The van der Waals surface area contributed by atoms with Crippen molar-refractivity contribution in [3.8, 4) is 11.5 Å². The molecule has 1 atom stereocenters. The predicted octanol–water partition coefficient (Wildman–Crippen LogP) is 0.636. The van der Waals surface area contributed by atoms with E-state index in [0.29, 0.717) is 12.2 Å². The van der Waals surface area contributed by atoms with Crippen LogP contribution in [0.3, 0.4) is 0 Å². The van der Waals surface area contributed by atoms with Gasteiger partial charge < -0.3 is 25.4 Å². The molecular formula is C14H19NO6. The molecule has 1 rings (SSSR count). The molecule has 0 fully saturated rings. The van der Waals surface area contributed by atoms with Gasteiger partial charge in [0, 0.05) is 19.4 Å². The molecule has 4 N–H and O–H groups in total. The Hall–Kier alpha value is -2.28. The Morgan fingerprint density at radius 1 is 1.29 bits per heavy atom. The molecule has 116 valence electrons. The van der Waals surface area contributed by atoms with Gasteiger partial charge >= 0.3 is 5.97 Å². The third-order valence-electron chi connectivity index (χ3n) is 2.79. The van der Waals surface area contributed by atoms with Crippen molar-refractivity contribution >= 4 is 11.9 Å². The fraction of sp³-hybridized carbons (Fsp3) is 0.429. The largest absolute Gasteiger partial charge is 0.504 e. The topological polar surface area (TPSA) is 116 Å². The Bertz CT molecular complexity index is 502. The van der Waals surface area contributed by atoms with E-state index in [1.807, 2.05) is 0 Å². The van der Waals surface area contributed by atoms with E-state index in [4.69, 9.17) is 9.84 Å². The lowest BCUT2D eigenvalue weighted by Gasteiger charge is -2.15. The first kappa shape index (κ1) is 16.8. The molecule has 0 bridgehead atoms. The van der Waals surface area contributed by atoms with Gasteiger partial charge in [0.1, 0.15) is 6.04 Å². The fourth-order valence-corrected chi connectivity index (χ4v) is 1.71. The van der Waals surface area contributed by atoms with E-state index in [-0.39, 0.29) is 30.9 Å². The summed E-state index contributed by atoms with van der Waals surface area (Å²) >= 11 is 0. The predicted molar refractivity (Wildman–Crippen MR) is 74.2 cm³/mol. The third kappa shape index (κ3) is 5.70. The van der Waals surface area contributed by atoms with Gasteiger partial charge in [-0.15, -0.1) is 0 Å². The first-order valence-corrected chi connectivity index (χ1v) is 6.54. The van der Waals surface area contributed by atoms with Crippen LogP contribution in [-0.4, -0.2) is 46.5 Å². The van der Waals surface area contributed by atoms with Crippen LogP contribution in [0.25, 0.3) is 0 Å². The maximum Gasteiger partial charge on any atom is 0.326 e. The monoisotopic (exact) mass is 297 g/mol. The van der Waals surface area contributed by atoms with Crippen molar-refractivity contribution in [3.05, 3.63) is 23.8 Å². The minimum atomic E-state index is -1.17. The van der Waals surface area contributed by atoms with Crippen LogP contribution in [0.4, 0.5) is 0 Å². The molecule has 0 aliphatic rings. The molecule has 0 radical (unpaired) electrons. The smallest absolute Gasteiger partial charge is 0.326 e. The molecule has 0 aromatic heterocycles. The molecule has 0 aliphatic heterocycles. The molecule has 0 saturated heterocycles. The number of benzene rings is 1. The summed E-state index contributed by atoms with van der Waals surface area (Å²) in [6, 6.07) is 2.90. The Morgan fingerprint density at radius 2 is 2.00 bits per heavy atom. The average molecular weight is 297 g/mol. The van der Waals surface area contributed by atoms with E-state index in [2.05, 4.69) is 5.32 Å². The number of hydrogen-bond donors (Lipinski definition) is 4. The molecule has 1 aromatic carbocycles. The SMILES string of the molecule is CCOCCC(=O)NC(Cc1ccc(O)c(O)c1)C(=O)O. The van der Waals surface area contributed by atoms with E-state index in [0.717, 1.165) is 0 Å². The number of carbonyl (C=O) groups excluding carboxylic acids is 1. The second-order valence-corrected chi connectivity index (χ2v) is 4.43. The number of amides is 1. The molecule has 0 saturated carbocycles. The van der Waals surface area contributed by atoms with Crippen molar-refractivity contribution in [1.29, 1.82) is 0 Å². The fourth-order valence-electron chi connectivity index (χ4n) is 1.71. The minimum absolute atomic E-state index is 0.00352. The van der Waals surface area contributed by atoms with Crippen LogP contribution >= 0.6 is 0 Å². The van der Waals surface area contributed by atoms with Crippen molar-refractivity contribution in [2.45, 2.75) is 25.8 Å².